The second-order valence-corrected chi connectivity index (χ2v) is 9.61. The Balaban J connectivity index is 1.44. The van der Waals surface area contributed by atoms with Gasteiger partial charge in [0.05, 0.1) is 10.5 Å². The molecule has 33 heavy (non-hydrogen) atoms. The van der Waals surface area contributed by atoms with Crippen LogP contribution in [0.25, 0.3) is 10.8 Å². The molecule has 0 aliphatic carbocycles. The number of carbonyl (C=O) groups is 1. The van der Waals surface area contributed by atoms with Crippen LogP contribution in [0.4, 0.5) is 13.2 Å². The molecule has 0 saturated carbocycles. The third-order valence-corrected chi connectivity index (χ3v) is 7.46. The summed E-state index contributed by atoms with van der Waals surface area (Å²) < 4.78 is 66.8. The predicted octanol–water partition coefficient (Wildman–Crippen LogP) is 2.55. The van der Waals surface area contributed by atoms with Crippen LogP contribution < -0.4 is 5.56 Å². The van der Waals surface area contributed by atoms with Crippen LogP contribution in [0.1, 0.15) is 5.56 Å². The summed E-state index contributed by atoms with van der Waals surface area (Å²) in [5.41, 5.74) is -1.75. The molecule has 7 nitrogen and oxygen atoms in total. The number of rotatable bonds is 4. The number of carbonyl (C=O) groups excluding carboxylic acids is 1. The Morgan fingerprint density at radius 3 is 2.24 bits per heavy atom. The molecular formula is C22H20F3N3O4S. The average molecular weight is 479 g/mol. The van der Waals surface area contributed by atoms with E-state index in [4.69, 9.17) is 0 Å². The molecule has 1 aromatic heterocycles. The molecule has 1 aliphatic heterocycles. The van der Waals surface area contributed by atoms with Crippen LogP contribution in [0, 0.1) is 0 Å². The summed E-state index contributed by atoms with van der Waals surface area (Å²) in [7, 11) is -3.78. The molecule has 2 aromatic carbocycles. The smallest absolute Gasteiger partial charge is 0.339 e. The molecule has 1 amide bonds. The maximum absolute atomic E-state index is 13.0. The van der Waals surface area contributed by atoms with Crippen LogP contribution in [-0.4, -0.2) is 54.3 Å². The maximum Gasteiger partial charge on any atom is 0.417 e. The first kappa shape index (κ1) is 23.0. The Bertz CT molecular complexity index is 1360. The van der Waals surface area contributed by atoms with Gasteiger partial charge in [-0.1, -0.05) is 30.3 Å². The minimum absolute atomic E-state index is 0.0401. The van der Waals surface area contributed by atoms with Gasteiger partial charge in [-0.25, -0.2) is 8.42 Å². The molecule has 0 N–H and O–H groups in total. The lowest BCUT2D eigenvalue weighted by Crippen LogP contribution is -2.51. The second-order valence-electron chi connectivity index (χ2n) is 7.68. The number of sulfonamides is 1. The van der Waals surface area contributed by atoms with Gasteiger partial charge in [0, 0.05) is 38.4 Å². The van der Waals surface area contributed by atoms with Crippen molar-refractivity contribution in [1.29, 1.82) is 0 Å². The van der Waals surface area contributed by atoms with Gasteiger partial charge in [0.25, 0.3) is 5.56 Å². The van der Waals surface area contributed by atoms with Crippen molar-refractivity contribution in [2.24, 2.45) is 0 Å². The summed E-state index contributed by atoms with van der Waals surface area (Å²) in [6, 6.07) is 13.7. The number of hydrogen-bond acceptors (Lipinski definition) is 4. The highest BCUT2D eigenvalue weighted by atomic mass is 32.2. The van der Waals surface area contributed by atoms with E-state index in [1.54, 1.807) is 12.1 Å². The Labute approximate surface area is 187 Å². The first-order chi connectivity index (χ1) is 15.6. The van der Waals surface area contributed by atoms with E-state index >= 15 is 0 Å². The number of hydrogen-bond donors (Lipinski definition) is 0. The van der Waals surface area contributed by atoms with Crippen molar-refractivity contribution in [3.05, 3.63) is 76.7 Å². The van der Waals surface area contributed by atoms with E-state index in [2.05, 4.69) is 0 Å². The molecule has 11 heteroatoms. The van der Waals surface area contributed by atoms with Crippen LogP contribution in [0.2, 0.25) is 0 Å². The molecule has 2 heterocycles. The fraction of sp³-hybridized carbons (Fsp3) is 0.273. The van der Waals surface area contributed by atoms with Crippen molar-refractivity contribution in [2.45, 2.75) is 17.6 Å². The van der Waals surface area contributed by atoms with Crippen molar-refractivity contribution in [2.75, 3.05) is 26.2 Å². The van der Waals surface area contributed by atoms with E-state index in [1.807, 2.05) is 24.3 Å². The number of halogens is 3. The van der Waals surface area contributed by atoms with Gasteiger partial charge < -0.3 is 9.47 Å². The van der Waals surface area contributed by atoms with Gasteiger partial charge in [-0.15, -0.1) is 0 Å². The molecule has 4 rings (SSSR count). The summed E-state index contributed by atoms with van der Waals surface area (Å²) in [5, 5.41) is 1.70. The molecule has 0 atom stereocenters. The first-order valence-electron chi connectivity index (χ1n) is 10.1. The van der Waals surface area contributed by atoms with Crippen LogP contribution in [0.5, 0.6) is 0 Å². The summed E-state index contributed by atoms with van der Waals surface area (Å²) in [6.45, 7) is -0.338. The summed E-state index contributed by atoms with van der Waals surface area (Å²) in [5.74, 6) is -0.556. The third-order valence-electron chi connectivity index (χ3n) is 5.57. The highest BCUT2D eigenvalue weighted by molar-refractivity contribution is 7.89. The van der Waals surface area contributed by atoms with Crippen molar-refractivity contribution in [1.82, 2.24) is 13.8 Å². The van der Waals surface area contributed by atoms with E-state index < -0.39 is 39.8 Å². The van der Waals surface area contributed by atoms with Gasteiger partial charge in [-0.2, -0.15) is 17.5 Å². The molecule has 0 unspecified atom stereocenters. The van der Waals surface area contributed by atoms with Crippen LogP contribution in [-0.2, 0) is 27.5 Å². The number of amides is 1. The lowest BCUT2D eigenvalue weighted by molar-refractivity contribution is -0.139. The molecule has 1 aliphatic rings. The van der Waals surface area contributed by atoms with Crippen molar-refractivity contribution >= 4 is 26.7 Å². The fourth-order valence-corrected chi connectivity index (χ4v) is 5.18. The van der Waals surface area contributed by atoms with E-state index in [-0.39, 0.29) is 31.1 Å². The van der Waals surface area contributed by atoms with Gasteiger partial charge in [0.15, 0.2) is 0 Å². The standard InChI is InChI=1S/C22H20F3N3O4S/c23-22(24,25)18-6-8-20(29)27(14-18)15-21(30)26-9-11-28(12-10-26)33(31,32)19-7-5-16-3-1-2-4-17(16)13-19/h1-8,13-14H,9-12,15H2. The van der Waals surface area contributed by atoms with Crippen molar-refractivity contribution in [3.63, 3.8) is 0 Å². The maximum atomic E-state index is 13.0. The van der Waals surface area contributed by atoms with Gasteiger partial charge in [0.2, 0.25) is 15.9 Å². The minimum Gasteiger partial charge on any atom is -0.339 e. The first-order valence-corrected chi connectivity index (χ1v) is 11.5. The summed E-state index contributed by atoms with van der Waals surface area (Å²) in [4.78, 5) is 26.0. The number of aromatic nitrogens is 1. The highest BCUT2D eigenvalue weighted by Crippen LogP contribution is 2.28. The molecule has 174 valence electrons. The average Bonchev–Trinajstić information content (AvgIpc) is 2.79. The topological polar surface area (TPSA) is 79.7 Å². The molecule has 0 spiro atoms. The van der Waals surface area contributed by atoms with E-state index in [0.717, 1.165) is 16.8 Å². The zero-order valence-electron chi connectivity index (χ0n) is 17.3. The Kier molecular flexibility index (Phi) is 6.02. The molecule has 3 aromatic rings. The lowest BCUT2D eigenvalue weighted by Gasteiger charge is -2.34. The molecule has 1 fully saturated rings. The van der Waals surface area contributed by atoms with Gasteiger partial charge in [-0.3, -0.25) is 9.59 Å². The van der Waals surface area contributed by atoms with Crippen LogP contribution >= 0.6 is 0 Å². The van der Waals surface area contributed by atoms with E-state index in [1.165, 1.54) is 15.3 Å². The van der Waals surface area contributed by atoms with Gasteiger partial charge in [-0.05, 0) is 29.0 Å². The number of nitrogens with zero attached hydrogens (tertiary/aromatic N) is 3. The highest BCUT2D eigenvalue weighted by Gasteiger charge is 2.32. The monoisotopic (exact) mass is 479 g/mol. The summed E-state index contributed by atoms with van der Waals surface area (Å²) in [6.07, 6.45) is -4.03. The largest absolute Gasteiger partial charge is 0.417 e. The Morgan fingerprint density at radius 2 is 1.58 bits per heavy atom. The SMILES string of the molecule is O=C(Cn1cc(C(F)(F)F)ccc1=O)N1CCN(S(=O)(=O)c2ccc3ccccc3c2)CC1. The summed E-state index contributed by atoms with van der Waals surface area (Å²) >= 11 is 0. The number of fused-ring (bicyclic) bond motifs is 1. The number of pyridine rings is 1. The zero-order chi connectivity index (χ0) is 23.8. The Morgan fingerprint density at radius 1 is 0.909 bits per heavy atom. The number of benzene rings is 2. The van der Waals surface area contributed by atoms with Gasteiger partial charge >= 0.3 is 6.18 Å². The number of alkyl halides is 3. The molecule has 1 saturated heterocycles. The van der Waals surface area contributed by atoms with Crippen molar-refractivity contribution in [3.8, 4) is 0 Å². The van der Waals surface area contributed by atoms with Crippen LogP contribution in [0.3, 0.4) is 0 Å². The number of piperazine rings is 1. The zero-order valence-corrected chi connectivity index (χ0v) is 18.1. The predicted molar refractivity (Wildman–Crippen MR) is 115 cm³/mol. The van der Waals surface area contributed by atoms with Crippen LogP contribution in [0.15, 0.2) is 70.5 Å². The third kappa shape index (κ3) is 4.79. The fourth-order valence-electron chi connectivity index (χ4n) is 3.72. The molecule has 0 bridgehead atoms. The quantitative estimate of drug-likeness (QED) is 0.576. The lowest BCUT2D eigenvalue weighted by atomic mass is 10.1. The van der Waals surface area contributed by atoms with E-state index in [0.29, 0.717) is 16.8 Å². The minimum atomic E-state index is -4.64. The van der Waals surface area contributed by atoms with Gasteiger partial charge in [0.1, 0.15) is 6.54 Å². The molecule has 0 radical (unpaired) electrons. The van der Waals surface area contributed by atoms with Crippen molar-refractivity contribution < 1.29 is 26.4 Å². The second kappa shape index (κ2) is 8.64. The van der Waals surface area contributed by atoms with E-state index in [9.17, 15) is 31.2 Å². The molecular weight excluding hydrogens is 459 g/mol. The Hall–Kier alpha value is -3.18. The normalized spacial score (nSPS) is 15.7.